The Morgan fingerprint density at radius 2 is 1.31 bits per heavy atom. The fraction of sp³-hybridized carbons (Fsp3) is 0.417. The molecule has 5 rings (SSSR count). The van der Waals surface area contributed by atoms with Crippen LogP contribution < -0.4 is 0 Å². The first kappa shape index (κ1) is 32.5. The molecular weight excluding hydrogens is 585 g/mol. The average molecular weight is 628 g/mol. The quantitative estimate of drug-likeness (QED) is 0.175. The van der Waals surface area contributed by atoms with Crippen molar-refractivity contribution in [1.29, 1.82) is 0 Å². The van der Waals surface area contributed by atoms with E-state index in [9.17, 15) is 18.9 Å². The number of hydrogen-bond acceptors (Lipinski definition) is 5. The molecule has 3 aromatic carbocycles. The van der Waals surface area contributed by atoms with Crippen LogP contribution in [0.5, 0.6) is 0 Å². The SMILES string of the molecule is C[C@@](CCc1ccccc1)(C(=O)N1CCC[C@H]1C(=O)N1CCC[C@H]1C(=O)OCc1ccccc1)N(CCc1ccccc1)P=O. The Morgan fingerprint density at radius 3 is 1.91 bits per heavy atom. The van der Waals surface area contributed by atoms with E-state index >= 15 is 0 Å². The normalized spacial score (nSPS) is 19.5. The summed E-state index contributed by atoms with van der Waals surface area (Å²) >= 11 is 0. The largest absolute Gasteiger partial charge is 0.459 e. The number of nitrogens with zero attached hydrogens (tertiary/aromatic N) is 3. The van der Waals surface area contributed by atoms with E-state index in [4.69, 9.17) is 4.74 Å². The Kier molecular flexibility index (Phi) is 11.1. The van der Waals surface area contributed by atoms with Gasteiger partial charge in [0.1, 0.15) is 24.2 Å². The van der Waals surface area contributed by atoms with E-state index in [1.165, 1.54) is 0 Å². The van der Waals surface area contributed by atoms with Crippen molar-refractivity contribution in [2.75, 3.05) is 19.6 Å². The summed E-state index contributed by atoms with van der Waals surface area (Å²) in [6.07, 6.45) is 4.15. The molecule has 2 saturated heterocycles. The molecule has 3 atom stereocenters. The molecular formula is C36H42N3O5P. The highest BCUT2D eigenvalue weighted by atomic mass is 31.1. The van der Waals surface area contributed by atoms with Crippen LogP contribution in [0.1, 0.15) is 55.7 Å². The van der Waals surface area contributed by atoms with Gasteiger partial charge in [-0.05, 0) is 68.6 Å². The number of esters is 1. The Morgan fingerprint density at radius 1 is 0.778 bits per heavy atom. The van der Waals surface area contributed by atoms with Crippen molar-refractivity contribution in [3.05, 3.63) is 108 Å². The number of aryl methyl sites for hydroxylation is 1. The van der Waals surface area contributed by atoms with Crippen LogP contribution in [-0.2, 0) is 43.1 Å². The lowest BCUT2D eigenvalue weighted by atomic mass is 9.90. The van der Waals surface area contributed by atoms with Gasteiger partial charge >= 0.3 is 5.97 Å². The van der Waals surface area contributed by atoms with Gasteiger partial charge in [0, 0.05) is 19.6 Å². The Balaban J connectivity index is 1.32. The van der Waals surface area contributed by atoms with Crippen molar-refractivity contribution in [1.82, 2.24) is 14.5 Å². The molecule has 2 fully saturated rings. The molecule has 8 nitrogen and oxygen atoms in total. The molecule has 9 heteroatoms. The number of likely N-dealkylation sites (tertiary alicyclic amines) is 2. The molecule has 2 amide bonds. The van der Waals surface area contributed by atoms with Crippen LogP contribution in [0.15, 0.2) is 91.0 Å². The third-order valence-electron chi connectivity index (χ3n) is 9.16. The molecule has 3 aromatic rings. The summed E-state index contributed by atoms with van der Waals surface area (Å²) in [5.74, 6) is -0.820. The Bertz CT molecular complexity index is 1440. The number of carbonyl (C=O) groups excluding carboxylic acids is 3. The molecule has 0 unspecified atom stereocenters. The molecule has 0 aliphatic carbocycles. The minimum Gasteiger partial charge on any atom is -0.459 e. The summed E-state index contributed by atoms with van der Waals surface area (Å²) < 4.78 is 20.1. The number of hydrogen-bond donors (Lipinski definition) is 0. The highest BCUT2D eigenvalue weighted by Gasteiger charge is 2.49. The molecule has 0 radical (unpaired) electrons. The first-order chi connectivity index (χ1) is 21.9. The van der Waals surface area contributed by atoms with Crippen molar-refractivity contribution < 1.29 is 23.7 Å². The highest BCUT2D eigenvalue weighted by Crippen LogP contribution is 2.34. The Hall–Kier alpha value is -3.87. The van der Waals surface area contributed by atoms with Crippen molar-refractivity contribution in [2.45, 2.75) is 76.1 Å². The van der Waals surface area contributed by atoms with Crippen LogP contribution in [0, 0.1) is 0 Å². The maximum Gasteiger partial charge on any atom is 0.329 e. The van der Waals surface area contributed by atoms with E-state index in [1.807, 2.05) is 97.9 Å². The van der Waals surface area contributed by atoms with E-state index in [-0.39, 0.29) is 27.0 Å². The zero-order valence-electron chi connectivity index (χ0n) is 25.9. The first-order valence-corrected chi connectivity index (χ1v) is 16.7. The monoisotopic (exact) mass is 627 g/mol. The van der Waals surface area contributed by atoms with Crippen LogP contribution in [0.3, 0.4) is 0 Å². The second-order valence-electron chi connectivity index (χ2n) is 12.1. The average Bonchev–Trinajstić information content (AvgIpc) is 3.78. The van der Waals surface area contributed by atoms with E-state index in [0.717, 1.165) is 16.7 Å². The molecule has 0 aromatic heterocycles. The standard InChI is InChI=1S/C36H42N3O5P/c1-36(23-21-28-13-5-2-6-14-28,39(45-43)26-22-29-15-7-3-8-16-29)35(42)38-25-11-19-31(38)33(40)37-24-12-20-32(37)34(41)44-27-30-17-9-4-10-18-30/h2-10,13-18,31-32H,11-12,19-27H2,1H3/t31-,32-,36+/m0/s1. The lowest BCUT2D eigenvalue weighted by Gasteiger charge is -2.40. The topological polar surface area (TPSA) is 87.2 Å². The Labute approximate surface area is 267 Å². The highest BCUT2D eigenvalue weighted by molar-refractivity contribution is 7.20. The van der Waals surface area contributed by atoms with Gasteiger partial charge < -0.3 is 14.5 Å². The number of amides is 2. The van der Waals surface area contributed by atoms with E-state index < -0.39 is 23.6 Å². The van der Waals surface area contributed by atoms with E-state index in [2.05, 4.69) is 0 Å². The van der Waals surface area contributed by atoms with Gasteiger partial charge in [0.2, 0.25) is 20.4 Å². The zero-order chi connectivity index (χ0) is 31.6. The van der Waals surface area contributed by atoms with Crippen LogP contribution in [0.25, 0.3) is 0 Å². The van der Waals surface area contributed by atoms with Crippen molar-refractivity contribution in [2.24, 2.45) is 0 Å². The summed E-state index contributed by atoms with van der Waals surface area (Å²) in [5, 5.41) is 0. The molecule has 0 N–H and O–H groups in total. The van der Waals surface area contributed by atoms with Gasteiger partial charge in [-0.2, -0.15) is 0 Å². The minimum atomic E-state index is -1.12. The van der Waals surface area contributed by atoms with Crippen LogP contribution in [-0.4, -0.2) is 69.5 Å². The van der Waals surface area contributed by atoms with Gasteiger partial charge in [0.25, 0.3) is 0 Å². The van der Waals surface area contributed by atoms with Gasteiger partial charge in [-0.1, -0.05) is 91.0 Å². The number of rotatable bonds is 13. The molecule has 2 aliphatic heterocycles. The molecule has 0 spiro atoms. The smallest absolute Gasteiger partial charge is 0.329 e. The summed E-state index contributed by atoms with van der Waals surface area (Å²) in [7, 11) is -0.240. The molecule has 0 bridgehead atoms. The fourth-order valence-electron chi connectivity index (χ4n) is 6.50. The summed E-state index contributed by atoms with van der Waals surface area (Å²) in [4.78, 5) is 45.1. The maximum atomic E-state index is 14.6. The third-order valence-corrected chi connectivity index (χ3v) is 10.00. The third kappa shape index (κ3) is 7.86. The molecule has 45 heavy (non-hydrogen) atoms. The summed E-state index contributed by atoms with van der Waals surface area (Å²) in [6.45, 7) is 3.32. The second kappa shape index (κ2) is 15.4. The van der Waals surface area contributed by atoms with E-state index in [1.54, 1.807) is 14.5 Å². The van der Waals surface area contributed by atoms with Gasteiger partial charge in [0.15, 0.2) is 0 Å². The van der Waals surface area contributed by atoms with Crippen LogP contribution in [0.2, 0.25) is 0 Å². The van der Waals surface area contributed by atoms with E-state index in [0.29, 0.717) is 64.6 Å². The van der Waals surface area contributed by atoms with Crippen molar-refractivity contribution in [3.8, 4) is 0 Å². The van der Waals surface area contributed by atoms with Gasteiger partial charge in [-0.15, -0.1) is 0 Å². The van der Waals surface area contributed by atoms with Gasteiger partial charge in [-0.25, -0.2) is 9.46 Å². The number of carbonyl (C=O) groups is 3. The molecule has 236 valence electrons. The van der Waals surface area contributed by atoms with Crippen LogP contribution in [0.4, 0.5) is 0 Å². The van der Waals surface area contributed by atoms with Gasteiger partial charge in [-0.3, -0.25) is 14.2 Å². The minimum absolute atomic E-state index is 0.152. The number of ether oxygens (including phenoxy) is 1. The second-order valence-corrected chi connectivity index (χ2v) is 12.8. The molecule has 2 heterocycles. The van der Waals surface area contributed by atoms with Crippen molar-refractivity contribution >= 4 is 26.4 Å². The predicted octanol–water partition coefficient (Wildman–Crippen LogP) is 5.85. The zero-order valence-corrected chi connectivity index (χ0v) is 26.8. The lowest BCUT2D eigenvalue weighted by molar-refractivity contribution is -0.157. The molecule has 2 aliphatic rings. The van der Waals surface area contributed by atoms with Gasteiger partial charge in [0.05, 0.1) is 0 Å². The fourth-order valence-corrected chi connectivity index (χ4v) is 7.05. The predicted molar refractivity (Wildman–Crippen MR) is 173 cm³/mol. The summed E-state index contributed by atoms with van der Waals surface area (Å²) in [5.41, 5.74) is 1.96. The van der Waals surface area contributed by atoms with Crippen molar-refractivity contribution in [3.63, 3.8) is 0 Å². The number of benzene rings is 3. The summed E-state index contributed by atoms with van der Waals surface area (Å²) in [6, 6.07) is 28.1. The first-order valence-electron chi connectivity index (χ1n) is 15.9. The molecule has 0 saturated carbocycles. The lowest BCUT2D eigenvalue weighted by Crippen LogP contribution is -2.59. The van der Waals surface area contributed by atoms with Crippen LogP contribution >= 0.6 is 8.61 Å². The maximum absolute atomic E-state index is 14.6.